The van der Waals surface area contributed by atoms with Crippen LogP contribution in [0.3, 0.4) is 0 Å². The smallest absolute Gasteiger partial charge is 0.227 e. The Hall–Kier alpha value is -0.570. The van der Waals surface area contributed by atoms with Crippen LogP contribution in [0.15, 0.2) is 0 Å². The maximum absolute atomic E-state index is 11.1. The molecule has 10 heavy (non-hydrogen) atoms. The van der Waals surface area contributed by atoms with E-state index in [9.17, 15) is 4.79 Å². The predicted molar refractivity (Wildman–Crippen MR) is 37.4 cm³/mol. The number of rotatable bonds is 1. The van der Waals surface area contributed by atoms with Crippen molar-refractivity contribution in [3.63, 3.8) is 0 Å². The van der Waals surface area contributed by atoms with Gasteiger partial charge in [0.1, 0.15) is 0 Å². The molecular weight excluding hydrogens is 130 g/mol. The van der Waals surface area contributed by atoms with E-state index in [4.69, 9.17) is 5.11 Å². The summed E-state index contributed by atoms with van der Waals surface area (Å²) < 4.78 is 0. The van der Waals surface area contributed by atoms with Gasteiger partial charge >= 0.3 is 0 Å². The second kappa shape index (κ2) is 3.01. The normalized spacial score (nSPS) is 27.2. The molecule has 1 N–H and O–H groups in total. The van der Waals surface area contributed by atoms with E-state index in [-0.39, 0.29) is 18.4 Å². The summed E-state index contributed by atoms with van der Waals surface area (Å²) in [5.74, 6) is -0.0347. The lowest BCUT2D eigenvalue weighted by Crippen LogP contribution is -2.39. The third-order valence-corrected chi connectivity index (χ3v) is 1.99. The van der Waals surface area contributed by atoms with Crippen LogP contribution in [0.1, 0.15) is 12.8 Å². The predicted octanol–water partition coefficient (Wildman–Crippen LogP) is -0.153. The van der Waals surface area contributed by atoms with Gasteiger partial charge in [-0.05, 0) is 12.8 Å². The van der Waals surface area contributed by atoms with Crippen molar-refractivity contribution in [2.24, 2.45) is 5.92 Å². The molecule has 0 spiro atoms. The molecule has 1 atom stereocenters. The minimum atomic E-state index is -0.126. The fraction of sp³-hybridized carbons (Fsp3) is 0.857. The molecule has 0 aromatic carbocycles. The van der Waals surface area contributed by atoms with Gasteiger partial charge in [0.05, 0.1) is 12.5 Å². The Labute approximate surface area is 60.6 Å². The van der Waals surface area contributed by atoms with E-state index >= 15 is 0 Å². The van der Waals surface area contributed by atoms with Crippen molar-refractivity contribution >= 4 is 5.91 Å². The van der Waals surface area contributed by atoms with E-state index in [1.165, 1.54) is 0 Å². The number of likely N-dealkylation sites (tertiary alicyclic amines) is 1. The fourth-order valence-electron chi connectivity index (χ4n) is 1.29. The van der Waals surface area contributed by atoms with Crippen LogP contribution >= 0.6 is 0 Å². The minimum absolute atomic E-state index is 0.00315. The van der Waals surface area contributed by atoms with Gasteiger partial charge in [0.2, 0.25) is 5.91 Å². The molecule has 0 radical (unpaired) electrons. The van der Waals surface area contributed by atoms with Crippen LogP contribution in [0.4, 0.5) is 0 Å². The molecule has 0 aliphatic carbocycles. The molecule has 1 rings (SSSR count). The number of nitrogens with zero attached hydrogens (tertiary/aromatic N) is 1. The summed E-state index contributed by atoms with van der Waals surface area (Å²) in [4.78, 5) is 12.8. The number of carbonyl (C=O) groups is 1. The Morgan fingerprint density at radius 2 is 2.50 bits per heavy atom. The summed E-state index contributed by atoms with van der Waals surface area (Å²) in [7, 11) is 1.78. The number of carbonyl (C=O) groups excluding carboxylic acids is 1. The van der Waals surface area contributed by atoms with Crippen molar-refractivity contribution in [2.45, 2.75) is 12.8 Å². The summed E-state index contributed by atoms with van der Waals surface area (Å²) in [5, 5.41) is 8.73. The maximum atomic E-state index is 11.1. The summed E-state index contributed by atoms with van der Waals surface area (Å²) in [6.07, 6.45) is 1.87. The van der Waals surface area contributed by atoms with E-state index in [1.807, 2.05) is 0 Å². The van der Waals surface area contributed by atoms with Crippen LogP contribution in [0.2, 0.25) is 0 Å². The molecule has 3 heteroatoms. The van der Waals surface area contributed by atoms with Gasteiger partial charge < -0.3 is 10.0 Å². The van der Waals surface area contributed by atoms with Gasteiger partial charge in [0, 0.05) is 13.6 Å². The van der Waals surface area contributed by atoms with Gasteiger partial charge in [0.15, 0.2) is 0 Å². The molecule has 3 nitrogen and oxygen atoms in total. The summed E-state index contributed by atoms with van der Waals surface area (Å²) in [6.45, 7) is 0.846. The highest BCUT2D eigenvalue weighted by Gasteiger charge is 2.24. The topological polar surface area (TPSA) is 40.5 Å². The molecule has 0 bridgehead atoms. The molecule has 1 heterocycles. The van der Waals surface area contributed by atoms with Crippen molar-refractivity contribution in [2.75, 3.05) is 20.2 Å². The summed E-state index contributed by atoms with van der Waals surface area (Å²) >= 11 is 0. The van der Waals surface area contributed by atoms with Crippen LogP contribution < -0.4 is 0 Å². The summed E-state index contributed by atoms with van der Waals surface area (Å²) in [5.41, 5.74) is 0. The van der Waals surface area contributed by atoms with Crippen molar-refractivity contribution in [1.29, 1.82) is 0 Å². The molecule has 1 saturated heterocycles. The van der Waals surface area contributed by atoms with Crippen molar-refractivity contribution in [3.05, 3.63) is 0 Å². The highest BCUT2D eigenvalue weighted by Crippen LogP contribution is 2.15. The lowest BCUT2D eigenvalue weighted by Gasteiger charge is -2.27. The van der Waals surface area contributed by atoms with Crippen LogP contribution in [0.5, 0.6) is 0 Å². The zero-order valence-corrected chi connectivity index (χ0v) is 6.21. The third kappa shape index (κ3) is 1.29. The van der Waals surface area contributed by atoms with Crippen LogP contribution in [0.25, 0.3) is 0 Å². The first-order valence-corrected chi connectivity index (χ1v) is 3.61. The third-order valence-electron chi connectivity index (χ3n) is 1.99. The van der Waals surface area contributed by atoms with E-state index < -0.39 is 0 Å². The molecule has 0 aromatic heterocycles. The van der Waals surface area contributed by atoms with Gasteiger partial charge in [-0.1, -0.05) is 0 Å². The Kier molecular flexibility index (Phi) is 2.27. The van der Waals surface area contributed by atoms with Gasteiger partial charge in [-0.3, -0.25) is 4.79 Å². The average Bonchev–Trinajstić information content (AvgIpc) is 1.95. The molecule has 1 amide bonds. The number of hydrogen-bond donors (Lipinski definition) is 1. The number of aliphatic hydroxyl groups excluding tert-OH is 1. The first-order valence-electron chi connectivity index (χ1n) is 3.61. The molecule has 1 fully saturated rings. The Morgan fingerprint density at radius 3 is 3.00 bits per heavy atom. The van der Waals surface area contributed by atoms with E-state index in [1.54, 1.807) is 11.9 Å². The molecular formula is C7H13NO2. The number of piperidine rings is 1. The fourth-order valence-corrected chi connectivity index (χ4v) is 1.29. The maximum Gasteiger partial charge on any atom is 0.227 e. The van der Waals surface area contributed by atoms with E-state index in [0.29, 0.717) is 0 Å². The van der Waals surface area contributed by atoms with Crippen molar-refractivity contribution in [1.82, 2.24) is 4.90 Å². The van der Waals surface area contributed by atoms with Crippen molar-refractivity contribution < 1.29 is 9.90 Å². The second-order valence-corrected chi connectivity index (χ2v) is 2.78. The van der Waals surface area contributed by atoms with Gasteiger partial charge in [-0.15, -0.1) is 0 Å². The first-order chi connectivity index (χ1) is 4.75. The number of amides is 1. The second-order valence-electron chi connectivity index (χ2n) is 2.78. The standard InChI is InChI=1S/C7H13NO2/c1-8-4-2-3-6(5-9)7(8)10/h6,9H,2-5H2,1H3. The lowest BCUT2D eigenvalue weighted by molar-refractivity contribution is -0.138. The van der Waals surface area contributed by atoms with Crippen LogP contribution in [0, 0.1) is 5.92 Å². The van der Waals surface area contributed by atoms with E-state index in [2.05, 4.69) is 0 Å². The van der Waals surface area contributed by atoms with Gasteiger partial charge in [0.25, 0.3) is 0 Å². The molecule has 1 aliphatic rings. The van der Waals surface area contributed by atoms with Gasteiger partial charge in [-0.2, -0.15) is 0 Å². The number of hydrogen-bond acceptors (Lipinski definition) is 2. The molecule has 0 saturated carbocycles. The average molecular weight is 143 g/mol. The SMILES string of the molecule is CN1CCCC(CO)C1=O. The molecule has 58 valence electrons. The zero-order valence-electron chi connectivity index (χ0n) is 6.21. The minimum Gasteiger partial charge on any atom is -0.396 e. The quantitative estimate of drug-likeness (QED) is 0.554. The lowest BCUT2D eigenvalue weighted by atomic mass is 9.99. The zero-order chi connectivity index (χ0) is 7.56. The van der Waals surface area contributed by atoms with E-state index in [0.717, 1.165) is 19.4 Å². The first kappa shape index (κ1) is 7.54. The highest BCUT2D eigenvalue weighted by atomic mass is 16.3. The highest BCUT2D eigenvalue weighted by molar-refractivity contribution is 5.79. The summed E-state index contributed by atoms with van der Waals surface area (Å²) in [6, 6.07) is 0. The molecule has 1 aliphatic heterocycles. The Balaban J connectivity index is 2.51. The molecule has 1 unspecified atom stereocenters. The Morgan fingerprint density at radius 1 is 1.80 bits per heavy atom. The van der Waals surface area contributed by atoms with Gasteiger partial charge in [-0.25, -0.2) is 0 Å². The van der Waals surface area contributed by atoms with Crippen LogP contribution in [-0.4, -0.2) is 36.1 Å². The monoisotopic (exact) mass is 143 g/mol. The number of aliphatic hydroxyl groups is 1. The molecule has 0 aromatic rings. The Bertz CT molecular complexity index is 136. The largest absolute Gasteiger partial charge is 0.396 e. The van der Waals surface area contributed by atoms with Crippen LogP contribution in [-0.2, 0) is 4.79 Å². The van der Waals surface area contributed by atoms with Crippen molar-refractivity contribution in [3.8, 4) is 0 Å².